The average molecular weight is 285 g/mol. The zero-order valence-corrected chi connectivity index (χ0v) is 12.3. The van der Waals surface area contributed by atoms with E-state index < -0.39 is 5.54 Å². The van der Waals surface area contributed by atoms with Gasteiger partial charge in [-0.15, -0.1) is 11.8 Å². The molecule has 19 heavy (non-hydrogen) atoms. The van der Waals surface area contributed by atoms with E-state index in [1.807, 2.05) is 6.92 Å². The van der Waals surface area contributed by atoms with Crippen molar-refractivity contribution in [1.29, 1.82) is 0 Å². The number of likely N-dealkylation sites (N-methyl/N-ethyl adjacent to an activating group) is 1. The second-order valence-corrected chi connectivity index (χ2v) is 5.52. The summed E-state index contributed by atoms with van der Waals surface area (Å²) in [5.41, 5.74) is -0.678. The number of carbonyl (C=O) groups excluding carboxylic acids is 1. The van der Waals surface area contributed by atoms with Gasteiger partial charge < -0.3 is 10.1 Å². The molecule has 0 heterocycles. The molecule has 0 amide bonds. The molecule has 0 aliphatic rings. The topological polar surface area (TPSA) is 38.3 Å². The zero-order valence-electron chi connectivity index (χ0n) is 11.5. The Balaban J connectivity index is 2.49. The van der Waals surface area contributed by atoms with Crippen LogP contribution in [0.1, 0.15) is 20.3 Å². The number of hydrogen-bond acceptors (Lipinski definition) is 4. The monoisotopic (exact) mass is 285 g/mol. The van der Waals surface area contributed by atoms with Crippen LogP contribution in [-0.2, 0) is 9.53 Å². The van der Waals surface area contributed by atoms with Crippen LogP contribution in [0.3, 0.4) is 0 Å². The van der Waals surface area contributed by atoms with Crippen LogP contribution in [0.5, 0.6) is 0 Å². The van der Waals surface area contributed by atoms with Crippen LogP contribution < -0.4 is 5.32 Å². The molecule has 1 rings (SSSR count). The first-order valence-electron chi connectivity index (χ1n) is 6.26. The summed E-state index contributed by atoms with van der Waals surface area (Å²) >= 11 is 1.59. The van der Waals surface area contributed by atoms with Crippen molar-refractivity contribution in [2.75, 3.05) is 19.4 Å². The Labute approximate surface area is 117 Å². The third-order valence-electron chi connectivity index (χ3n) is 2.96. The fourth-order valence-electron chi connectivity index (χ4n) is 1.52. The van der Waals surface area contributed by atoms with Crippen molar-refractivity contribution < 1.29 is 13.9 Å². The van der Waals surface area contributed by atoms with Crippen molar-refractivity contribution in [3.63, 3.8) is 0 Å². The lowest BCUT2D eigenvalue weighted by Crippen LogP contribution is -2.49. The minimum atomic E-state index is -0.678. The van der Waals surface area contributed by atoms with Crippen LogP contribution in [0.2, 0.25) is 0 Å². The Kier molecular flexibility index (Phi) is 6.31. The highest BCUT2D eigenvalue weighted by Crippen LogP contribution is 2.22. The molecular formula is C14H20FNO2S. The van der Waals surface area contributed by atoms with Gasteiger partial charge in [0.15, 0.2) is 0 Å². The van der Waals surface area contributed by atoms with Crippen LogP contribution in [0, 0.1) is 5.82 Å². The highest BCUT2D eigenvalue weighted by molar-refractivity contribution is 7.99. The number of ether oxygens (including phenoxy) is 1. The average Bonchev–Trinajstić information content (AvgIpc) is 2.41. The maximum absolute atomic E-state index is 12.8. The largest absolute Gasteiger partial charge is 0.465 e. The summed E-state index contributed by atoms with van der Waals surface area (Å²) in [7, 11) is 1.75. The summed E-state index contributed by atoms with van der Waals surface area (Å²) < 4.78 is 17.8. The molecule has 0 radical (unpaired) electrons. The predicted octanol–water partition coefficient (Wildman–Crippen LogP) is 2.85. The number of thioether (sulfide) groups is 1. The number of carbonyl (C=O) groups is 1. The minimum Gasteiger partial charge on any atom is -0.465 e. The van der Waals surface area contributed by atoms with E-state index in [4.69, 9.17) is 4.74 Å². The van der Waals surface area contributed by atoms with Crippen molar-refractivity contribution >= 4 is 17.7 Å². The van der Waals surface area contributed by atoms with Gasteiger partial charge in [0.25, 0.3) is 0 Å². The number of hydrogen-bond donors (Lipinski definition) is 1. The van der Waals surface area contributed by atoms with Gasteiger partial charge in [-0.2, -0.15) is 0 Å². The lowest BCUT2D eigenvalue weighted by Gasteiger charge is -2.26. The summed E-state index contributed by atoms with van der Waals surface area (Å²) in [6.45, 7) is 4.00. The maximum Gasteiger partial charge on any atom is 0.326 e. The Morgan fingerprint density at radius 3 is 2.58 bits per heavy atom. The molecule has 1 N–H and O–H groups in total. The zero-order chi connectivity index (χ0) is 14.3. The number of esters is 1. The third kappa shape index (κ3) is 4.84. The smallest absolute Gasteiger partial charge is 0.326 e. The molecule has 3 nitrogen and oxygen atoms in total. The molecule has 1 aromatic carbocycles. The Morgan fingerprint density at radius 1 is 1.42 bits per heavy atom. The van der Waals surface area contributed by atoms with Crippen LogP contribution in [0.4, 0.5) is 4.39 Å². The van der Waals surface area contributed by atoms with Gasteiger partial charge in [0, 0.05) is 10.6 Å². The van der Waals surface area contributed by atoms with E-state index >= 15 is 0 Å². The van der Waals surface area contributed by atoms with E-state index in [9.17, 15) is 9.18 Å². The molecule has 1 aromatic rings. The quantitative estimate of drug-likeness (QED) is 0.617. The first-order chi connectivity index (χ1) is 9.01. The molecule has 0 saturated carbocycles. The number of nitrogens with one attached hydrogen (secondary N) is 1. The van der Waals surface area contributed by atoms with Gasteiger partial charge in [-0.1, -0.05) is 0 Å². The molecule has 0 bridgehead atoms. The summed E-state index contributed by atoms with van der Waals surface area (Å²) in [4.78, 5) is 12.8. The Bertz CT molecular complexity index is 410. The van der Waals surface area contributed by atoms with E-state index in [0.29, 0.717) is 13.0 Å². The van der Waals surface area contributed by atoms with E-state index in [0.717, 1.165) is 10.6 Å². The molecule has 5 heteroatoms. The van der Waals surface area contributed by atoms with Gasteiger partial charge in [-0.25, -0.2) is 4.39 Å². The summed E-state index contributed by atoms with van der Waals surface area (Å²) in [5.74, 6) is 0.273. The second-order valence-electron chi connectivity index (χ2n) is 4.35. The Morgan fingerprint density at radius 2 is 2.05 bits per heavy atom. The number of halogens is 1. The highest BCUT2D eigenvalue weighted by atomic mass is 32.2. The van der Waals surface area contributed by atoms with Crippen molar-refractivity contribution in [1.82, 2.24) is 5.32 Å². The van der Waals surface area contributed by atoms with Crippen LogP contribution in [-0.4, -0.2) is 30.9 Å². The fourth-order valence-corrected chi connectivity index (χ4v) is 2.60. The third-order valence-corrected chi connectivity index (χ3v) is 3.98. The molecule has 0 aromatic heterocycles. The highest BCUT2D eigenvalue weighted by Gasteiger charge is 2.32. The fraction of sp³-hybridized carbons (Fsp3) is 0.500. The van der Waals surface area contributed by atoms with Gasteiger partial charge in [-0.05, 0) is 51.6 Å². The second kappa shape index (κ2) is 7.50. The van der Waals surface area contributed by atoms with Crippen molar-refractivity contribution in [3.8, 4) is 0 Å². The van der Waals surface area contributed by atoms with Gasteiger partial charge in [0.1, 0.15) is 11.4 Å². The molecule has 0 spiro atoms. The summed E-state index contributed by atoms with van der Waals surface area (Å²) in [6.07, 6.45) is 0.643. The Hall–Kier alpha value is -1.07. The minimum absolute atomic E-state index is 0.239. The van der Waals surface area contributed by atoms with Gasteiger partial charge >= 0.3 is 5.97 Å². The first-order valence-corrected chi connectivity index (χ1v) is 7.25. The first kappa shape index (κ1) is 16.0. The SMILES string of the molecule is CCOC(=O)C(C)(CCSc1ccc(F)cc1)NC. The molecule has 0 fully saturated rings. The van der Waals surface area contributed by atoms with Gasteiger partial charge in [-0.3, -0.25) is 4.79 Å². The lowest BCUT2D eigenvalue weighted by atomic mass is 10.00. The van der Waals surface area contributed by atoms with E-state index in [2.05, 4.69) is 5.32 Å². The van der Waals surface area contributed by atoms with Crippen LogP contribution in [0.25, 0.3) is 0 Å². The molecule has 0 aliphatic heterocycles. The van der Waals surface area contributed by atoms with Crippen molar-refractivity contribution in [3.05, 3.63) is 30.1 Å². The molecule has 1 unspecified atom stereocenters. The molecule has 1 atom stereocenters. The number of benzene rings is 1. The van der Waals surface area contributed by atoms with Crippen LogP contribution in [0.15, 0.2) is 29.2 Å². The van der Waals surface area contributed by atoms with Gasteiger partial charge in [0.05, 0.1) is 6.61 Å². The summed E-state index contributed by atoms with van der Waals surface area (Å²) in [6, 6.07) is 6.35. The molecule has 0 aliphatic carbocycles. The van der Waals surface area contributed by atoms with Crippen molar-refractivity contribution in [2.24, 2.45) is 0 Å². The molecule has 0 saturated heterocycles. The standard InChI is InChI=1S/C14H20FNO2S/c1-4-18-13(17)14(2,16-3)9-10-19-12-7-5-11(15)6-8-12/h5-8,16H,4,9-10H2,1-3H3. The van der Waals surface area contributed by atoms with E-state index in [1.54, 1.807) is 37.9 Å². The van der Waals surface area contributed by atoms with Crippen molar-refractivity contribution in [2.45, 2.75) is 30.7 Å². The molecule has 106 valence electrons. The van der Waals surface area contributed by atoms with E-state index in [1.165, 1.54) is 12.1 Å². The van der Waals surface area contributed by atoms with Gasteiger partial charge in [0.2, 0.25) is 0 Å². The normalized spacial score (nSPS) is 13.9. The van der Waals surface area contributed by atoms with Crippen LogP contribution >= 0.6 is 11.8 Å². The van der Waals surface area contributed by atoms with E-state index in [-0.39, 0.29) is 11.8 Å². The number of rotatable bonds is 7. The molecular weight excluding hydrogens is 265 g/mol. The predicted molar refractivity (Wildman–Crippen MR) is 75.8 cm³/mol. The summed E-state index contributed by atoms with van der Waals surface area (Å²) in [5, 5.41) is 3.01. The maximum atomic E-state index is 12.8. The lowest BCUT2D eigenvalue weighted by molar-refractivity contribution is -0.150.